The first-order valence-electron chi connectivity index (χ1n) is 10.7. The monoisotopic (exact) mass is 416 g/mol. The second-order valence-electron chi connectivity index (χ2n) is 7.43. The van der Waals surface area contributed by atoms with Crippen LogP contribution in [0.2, 0.25) is 0 Å². The molecule has 0 fully saturated rings. The van der Waals surface area contributed by atoms with Gasteiger partial charge in [0.05, 0.1) is 7.11 Å². The predicted molar refractivity (Wildman–Crippen MR) is 119 cm³/mol. The molecule has 0 amide bonds. The molecule has 1 atom stereocenters. The van der Waals surface area contributed by atoms with Crippen molar-refractivity contribution in [1.29, 1.82) is 0 Å². The Labute approximate surface area is 180 Å². The lowest BCUT2D eigenvalue weighted by molar-refractivity contribution is 0.0705. The molecule has 0 aliphatic heterocycles. The van der Waals surface area contributed by atoms with Gasteiger partial charge in [-0.3, -0.25) is 0 Å². The summed E-state index contributed by atoms with van der Waals surface area (Å²) in [7, 11) is 1.63. The fraction of sp³-hybridized carbons (Fsp3) is 0.565. The average Bonchev–Trinajstić information content (AvgIpc) is 2.73. The normalized spacial score (nSPS) is 12.2. The topological polar surface area (TPSA) is 79.7 Å². The third kappa shape index (κ3) is 7.89. The Morgan fingerprint density at radius 3 is 2.40 bits per heavy atom. The number of aliphatic hydroxyl groups is 1. The van der Waals surface area contributed by atoms with Crippen LogP contribution in [0.1, 0.15) is 36.6 Å². The Bertz CT molecular complexity index is 761. The molecule has 1 unspecified atom stereocenters. The van der Waals surface area contributed by atoms with E-state index in [0.29, 0.717) is 24.6 Å². The van der Waals surface area contributed by atoms with Gasteiger partial charge in [0.15, 0.2) is 11.5 Å². The van der Waals surface area contributed by atoms with E-state index in [1.54, 1.807) is 7.11 Å². The summed E-state index contributed by atoms with van der Waals surface area (Å²) < 4.78 is 11.3. The smallest absolute Gasteiger partial charge is 0.161 e. The first-order chi connectivity index (χ1) is 14.4. The lowest BCUT2D eigenvalue weighted by atomic mass is 10.2. The number of likely N-dealkylation sites (N-methyl/N-ethyl adjacent to an activating group) is 1. The summed E-state index contributed by atoms with van der Waals surface area (Å²) in [4.78, 5) is 11.1. The van der Waals surface area contributed by atoms with Crippen molar-refractivity contribution in [2.24, 2.45) is 0 Å². The number of nitrogens with zero attached hydrogens (tertiary/aromatic N) is 3. The van der Waals surface area contributed by atoms with Gasteiger partial charge in [-0.25, -0.2) is 9.97 Å². The zero-order valence-corrected chi connectivity index (χ0v) is 18.9. The Morgan fingerprint density at radius 2 is 1.77 bits per heavy atom. The van der Waals surface area contributed by atoms with E-state index in [1.165, 1.54) is 0 Å². The maximum Gasteiger partial charge on any atom is 0.161 e. The van der Waals surface area contributed by atoms with E-state index < -0.39 is 6.10 Å². The standard InChI is InChI=1S/C23H36N4O3/c1-6-27(7-2)15-20(28)16-30-21-9-8-19(13-22(21)29-5)14-24-11-10-23-25-17(3)12-18(4)26-23/h8-9,12-13,20,24,28H,6-7,10-11,14-16H2,1-5H3. The van der Waals surface area contributed by atoms with E-state index in [-0.39, 0.29) is 6.61 Å². The van der Waals surface area contributed by atoms with Crippen LogP contribution in [0.5, 0.6) is 11.5 Å². The molecule has 0 radical (unpaired) electrons. The van der Waals surface area contributed by atoms with Crippen molar-refractivity contribution in [2.45, 2.75) is 46.8 Å². The summed E-state index contributed by atoms with van der Waals surface area (Å²) >= 11 is 0. The molecule has 30 heavy (non-hydrogen) atoms. The van der Waals surface area contributed by atoms with Crippen molar-refractivity contribution in [1.82, 2.24) is 20.2 Å². The van der Waals surface area contributed by atoms with Gasteiger partial charge in [0.1, 0.15) is 18.5 Å². The number of aromatic nitrogens is 2. The van der Waals surface area contributed by atoms with E-state index >= 15 is 0 Å². The van der Waals surface area contributed by atoms with Crippen LogP contribution in [0.15, 0.2) is 24.3 Å². The SMILES string of the molecule is CCN(CC)CC(O)COc1ccc(CNCCc2nc(C)cc(C)n2)cc1OC. The van der Waals surface area contributed by atoms with Gasteiger partial charge in [0, 0.05) is 37.4 Å². The Balaban J connectivity index is 1.82. The second kappa shape index (κ2) is 12.5. The van der Waals surface area contributed by atoms with Crippen molar-refractivity contribution < 1.29 is 14.6 Å². The minimum absolute atomic E-state index is 0.236. The van der Waals surface area contributed by atoms with E-state index in [9.17, 15) is 5.11 Å². The number of nitrogens with one attached hydrogen (secondary N) is 1. The van der Waals surface area contributed by atoms with Crippen molar-refractivity contribution in [2.75, 3.05) is 39.9 Å². The van der Waals surface area contributed by atoms with Gasteiger partial charge in [-0.05, 0) is 50.7 Å². The van der Waals surface area contributed by atoms with E-state index in [1.807, 2.05) is 38.1 Å². The molecule has 2 N–H and O–H groups in total. The highest BCUT2D eigenvalue weighted by molar-refractivity contribution is 5.43. The molecule has 0 saturated carbocycles. The first-order valence-corrected chi connectivity index (χ1v) is 10.7. The van der Waals surface area contributed by atoms with Crippen LogP contribution in [-0.2, 0) is 13.0 Å². The van der Waals surface area contributed by atoms with Crippen LogP contribution in [0, 0.1) is 13.8 Å². The van der Waals surface area contributed by atoms with Gasteiger partial charge in [0.2, 0.25) is 0 Å². The third-order valence-corrected chi connectivity index (χ3v) is 4.91. The lowest BCUT2D eigenvalue weighted by Crippen LogP contribution is -2.35. The highest BCUT2D eigenvalue weighted by atomic mass is 16.5. The molecule has 2 aromatic rings. The van der Waals surface area contributed by atoms with Gasteiger partial charge >= 0.3 is 0 Å². The van der Waals surface area contributed by atoms with Crippen molar-refractivity contribution in [3.05, 3.63) is 47.0 Å². The van der Waals surface area contributed by atoms with E-state index in [2.05, 4.69) is 34.0 Å². The summed E-state index contributed by atoms with van der Waals surface area (Å²) in [6, 6.07) is 7.85. The molecule has 0 aliphatic rings. The number of aryl methyl sites for hydroxylation is 2. The quantitative estimate of drug-likeness (QED) is 0.486. The zero-order valence-electron chi connectivity index (χ0n) is 18.9. The highest BCUT2D eigenvalue weighted by Gasteiger charge is 2.12. The number of ether oxygens (including phenoxy) is 2. The van der Waals surface area contributed by atoms with Gasteiger partial charge in [-0.2, -0.15) is 0 Å². The summed E-state index contributed by atoms with van der Waals surface area (Å²) in [5, 5.41) is 13.6. The molecule has 0 aliphatic carbocycles. The van der Waals surface area contributed by atoms with Crippen molar-refractivity contribution in [3.8, 4) is 11.5 Å². The third-order valence-electron chi connectivity index (χ3n) is 4.91. The van der Waals surface area contributed by atoms with Gasteiger partial charge in [0.25, 0.3) is 0 Å². The van der Waals surface area contributed by atoms with Crippen molar-refractivity contribution in [3.63, 3.8) is 0 Å². The van der Waals surface area contributed by atoms with Crippen LogP contribution in [0.4, 0.5) is 0 Å². The van der Waals surface area contributed by atoms with Gasteiger partial charge in [-0.15, -0.1) is 0 Å². The zero-order chi connectivity index (χ0) is 21.9. The second-order valence-corrected chi connectivity index (χ2v) is 7.43. The predicted octanol–water partition coefficient (Wildman–Crippen LogP) is 2.52. The van der Waals surface area contributed by atoms with E-state index in [4.69, 9.17) is 9.47 Å². The molecule has 0 bridgehead atoms. The van der Waals surface area contributed by atoms with Crippen LogP contribution in [-0.4, -0.2) is 66.0 Å². The summed E-state index contributed by atoms with van der Waals surface area (Å²) in [6.07, 6.45) is 0.245. The average molecular weight is 417 g/mol. The lowest BCUT2D eigenvalue weighted by Gasteiger charge is -2.22. The number of methoxy groups -OCH3 is 1. The number of aliphatic hydroxyl groups excluding tert-OH is 1. The molecule has 1 aromatic heterocycles. The Morgan fingerprint density at radius 1 is 1.07 bits per heavy atom. The van der Waals surface area contributed by atoms with Crippen LogP contribution in [0.25, 0.3) is 0 Å². The molecule has 7 heteroatoms. The number of hydrogen-bond acceptors (Lipinski definition) is 7. The molecule has 1 heterocycles. The number of benzene rings is 1. The maximum atomic E-state index is 10.2. The van der Waals surface area contributed by atoms with Crippen LogP contribution in [0.3, 0.4) is 0 Å². The molecule has 7 nitrogen and oxygen atoms in total. The minimum Gasteiger partial charge on any atom is -0.493 e. The fourth-order valence-corrected chi connectivity index (χ4v) is 3.30. The summed E-state index contributed by atoms with van der Waals surface area (Å²) in [5.41, 5.74) is 3.10. The molecular formula is C23H36N4O3. The molecule has 166 valence electrons. The maximum absolute atomic E-state index is 10.2. The van der Waals surface area contributed by atoms with E-state index in [0.717, 1.165) is 48.8 Å². The summed E-state index contributed by atoms with van der Waals surface area (Å²) in [6.45, 7) is 12.3. The molecule has 2 rings (SSSR count). The number of hydrogen-bond donors (Lipinski definition) is 2. The molecular weight excluding hydrogens is 380 g/mol. The first kappa shape index (κ1) is 24.1. The molecule has 0 saturated heterocycles. The van der Waals surface area contributed by atoms with Crippen LogP contribution < -0.4 is 14.8 Å². The Hall–Kier alpha value is -2.22. The summed E-state index contributed by atoms with van der Waals surface area (Å²) in [5.74, 6) is 2.18. The van der Waals surface area contributed by atoms with Gasteiger partial charge in [-0.1, -0.05) is 19.9 Å². The van der Waals surface area contributed by atoms with Crippen LogP contribution >= 0.6 is 0 Å². The van der Waals surface area contributed by atoms with Gasteiger partial charge < -0.3 is 24.8 Å². The highest BCUT2D eigenvalue weighted by Crippen LogP contribution is 2.28. The number of rotatable bonds is 13. The van der Waals surface area contributed by atoms with Crippen molar-refractivity contribution >= 4 is 0 Å². The largest absolute Gasteiger partial charge is 0.493 e. The fourth-order valence-electron chi connectivity index (χ4n) is 3.30. The Kier molecular flexibility index (Phi) is 10.00. The molecule has 0 spiro atoms. The molecule has 1 aromatic carbocycles. The minimum atomic E-state index is -0.538.